The van der Waals surface area contributed by atoms with Gasteiger partial charge in [0.2, 0.25) is 0 Å². The summed E-state index contributed by atoms with van der Waals surface area (Å²) in [5.41, 5.74) is 5.09. The van der Waals surface area contributed by atoms with Crippen molar-refractivity contribution in [3.8, 4) is 0 Å². The molecule has 0 bridgehead atoms. The van der Waals surface area contributed by atoms with Gasteiger partial charge in [-0.3, -0.25) is 9.69 Å². The number of hydrogen-bond donors (Lipinski definition) is 3. The molecule has 1 saturated heterocycles. The normalized spacial score (nSPS) is 24.0. The first-order valence-electron chi connectivity index (χ1n) is 12.2. The number of alkyl halides is 3. The van der Waals surface area contributed by atoms with Gasteiger partial charge in [0.15, 0.2) is 11.6 Å². The highest BCUT2D eigenvalue weighted by molar-refractivity contribution is 5.97. The molecule has 2 aliphatic carbocycles. The lowest BCUT2D eigenvalue weighted by Gasteiger charge is -2.25. The molecule has 202 valence electrons. The summed E-state index contributed by atoms with van der Waals surface area (Å²) in [6.07, 6.45) is -3.13. The Morgan fingerprint density at radius 2 is 1.84 bits per heavy atom. The van der Waals surface area contributed by atoms with Crippen LogP contribution in [-0.2, 0) is 9.53 Å². The Bertz CT molecular complexity index is 1320. The number of ether oxygens (including phenoxy) is 1. The van der Waals surface area contributed by atoms with Gasteiger partial charge < -0.3 is 21.1 Å². The maximum absolute atomic E-state index is 15.0. The minimum atomic E-state index is -4.67. The van der Waals surface area contributed by atoms with E-state index in [0.717, 1.165) is 23.9 Å². The van der Waals surface area contributed by atoms with Crippen molar-refractivity contribution < 1.29 is 35.9 Å². The van der Waals surface area contributed by atoms with Gasteiger partial charge in [0.05, 0.1) is 5.57 Å². The van der Waals surface area contributed by atoms with Crippen LogP contribution in [0.3, 0.4) is 0 Å². The number of epoxide rings is 1. The molecule has 3 heterocycles. The number of rotatable bonds is 7. The zero-order valence-corrected chi connectivity index (χ0v) is 19.8. The van der Waals surface area contributed by atoms with E-state index >= 15 is 0 Å². The third-order valence-corrected chi connectivity index (χ3v) is 7.24. The minimum absolute atomic E-state index is 0.0221. The lowest BCUT2D eigenvalue weighted by atomic mass is 10.1. The van der Waals surface area contributed by atoms with Crippen molar-refractivity contribution in [1.82, 2.24) is 10.3 Å². The van der Waals surface area contributed by atoms with E-state index in [4.69, 9.17) is 10.5 Å². The quantitative estimate of drug-likeness (QED) is 0.358. The smallest absolute Gasteiger partial charge is 0.368 e. The van der Waals surface area contributed by atoms with Crippen molar-refractivity contribution in [3.63, 3.8) is 0 Å². The number of nitrogens with zero attached hydrogens (tertiary/aromatic N) is 2. The second-order valence-electron chi connectivity index (χ2n) is 10.3. The molecule has 1 aromatic heterocycles. The highest BCUT2D eigenvalue weighted by Gasteiger charge is 2.53. The molecule has 2 aromatic rings. The van der Waals surface area contributed by atoms with Crippen LogP contribution in [0, 0.1) is 23.4 Å². The number of carbonyl (C=O) groups is 1. The van der Waals surface area contributed by atoms with E-state index in [0.29, 0.717) is 42.9 Å². The van der Waals surface area contributed by atoms with Gasteiger partial charge in [-0.1, -0.05) is 0 Å². The van der Waals surface area contributed by atoms with Crippen LogP contribution in [0.2, 0.25) is 0 Å². The van der Waals surface area contributed by atoms with Crippen LogP contribution >= 0.6 is 0 Å². The number of aromatic nitrogens is 1. The molecule has 38 heavy (non-hydrogen) atoms. The SMILES string of the molecule is NC1(CNc2ccc3c(n2)N(c2c(F)cc(F)cc2F)C=C(C(=O)N[C@@H](C2CC2)C(F)(F)F)C2OC32)CC1. The molecule has 6 rings (SSSR count). The van der Waals surface area contributed by atoms with Crippen LogP contribution in [0.5, 0.6) is 0 Å². The molecule has 1 aromatic carbocycles. The third-order valence-electron chi connectivity index (χ3n) is 7.24. The fourth-order valence-electron chi connectivity index (χ4n) is 4.68. The molecule has 13 heteroatoms. The van der Waals surface area contributed by atoms with Crippen molar-refractivity contribution in [2.45, 2.75) is 55.6 Å². The molecule has 3 atom stereocenters. The fraction of sp³-hybridized carbons (Fsp3) is 0.440. The molecule has 2 aliphatic heterocycles. The second kappa shape index (κ2) is 8.60. The average Bonchev–Trinajstić information content (AvgIpc) is 3.69. The number of carbonyl (C=O) groups excluding carboxylic acids is 1. The number of fused-ring (bicyclic) bond motifs is 3. The van der Waals surface area contributed by atoms with Gasteiger partial charge in [0.25, 0.3) is 5.91 Å². The Hall–Kier alpha value is -3.32. The van der Waals surface area contributed by atoms with Gasteiger partial charge in [-0.2, -0.15) is 13.2 Å². The molecular weight excluding hydrogens is 516 g/mol. The minimum Gasteiger partial charge on any atom is -0.368 e. The van der Waals surface area contributed by atoms with Crippen LogP contribution in [0.15, 0.2) is 36.0 Å². The Morgan fingerprint density at radius 1 is 1.16 bits per heavy atom. The summed E-state index contributed by atoms with van der Waals surface area (Å²) in [4.78, 5) is 18.5. The molecule has 1 amide bonds. The molecule has 0 radical (unpaired) electrons. The van der Waals surface area contributed by atoms with Crippen molar-refractivity contribution >= 4 is 23.2 Å². The standard InChI is InChI=1S/C25H23F6N5O2/c26-12-7-15(27)18(16(28)8-12)36-9-14(23(37)35-21(11-1-2-11)25(29,30)31)20-19(38-20)13-3-4-17(34-22(13)36)33-10-24(32)5-6-24/h3-4,7-9,11,19-21H,1-2,5-6,10,32H2,(H,33,34)(H,35,37)/t19?,20?,21-/m0/s1. The number of nitrogens with two attached hydrogens (primary N) is 1. The Kier molecular flexibility index (Phi) is 5.65. The van der Waals surface area contributed by atoms with Crippen molar-refractivity contribution in [2.24, 2.45) is 11.7 Å². The molecule has 3 fully saturated rings. The number of pyridine rings is 1. The number of amides is 1. The maximum Gasteiger partial charge on any atom is 0.408 e. The molecule has 7 nitrogen and oxygen atoms in total. The van der Waals surface area contributed by atoms with Crippen LogP contribution < -0.4 is 21.3 Å². The number of benzene rings is 1. The molecular formula is C25H23F6N5O2. The number of halogens is 6. The Balaban J connectivity index is 1.41. The van der Waals surface area contributed by atoms with E-state index in [1.165, 1.54) is 0 Å². The summed E-state index contributed by atoms with van der Waals surface area (Å²) in [5, 5.41) is 5.11. The Morgan fingerprint density at radius 3 is 2.45 bits per heavy atom. The topological polar surface area (TPSA) is 95.8 Å². The highest BCUT2D eigenvalue weighted by atomic mass is 19.4. The van der Waals surface area contributed by atoms with Crippen molar-refractivity contribution in [3.05, 3.63) is 59.1 Å². The van der Waals surface area contributed by atoms with Gasteiger partial charge in [0.1, 0.15) is 41.4 Å². The number of hydrogen-bond acceptors (Lipinski definition) is 6. The summed E-state index contributed by atoms with van der Waals surface area (Å²) in [6.45, 7) is 0.393. The van der Waals surface area contributed by atoms with Gasteiger partial charge in [-0.15, -0.1) is 0 Å². The van der Waals surface area contributed by atoms with Crippen LogP contribution in [0.4, 0.5) is 43.7 Å². The lowest BCUT2D eigenvalue weighted by Crippen LogP contribution is -2.48. The van der Waals surface area contributed by atoms with E-state index in [1.54, 1.807) is 12.1 Å². The first kappa shape index (κ1) is 25.0. The molecule has 4 aliphatic rings. The van der Waals surface area contributed by atoms with Crippen LogP contribution in [0.25, 0.3) is 0 Å². The largest absolute Gasteiger partial charge is 0.408 e. The van der Waals surface area contributed by atoms with Crippen molar-refractivity contribution in [2.75, 3.05) is 16.8 Å². The summed E-state index contributed by atoms with van der Waals surface area (Å²) in [7, 11) is 0. The van der Waals surface area contributed by atoms with E-state index < -0.39 is 59.4 Å². The Labute approximate surface area is 213 Å². The summed E-state index contributed by atoms with van der Waals surface area (Å²) in [6, 6.07) is 2.07. The van der Waals surface area contributed by atoms with Gasteiger partial charge >= 0.3 is 6.18 Å². The maximum atomic E-state index is 15.0. The number of nitrogens with one attached hydrogen (secondary N) is 2. The van der Waals surface area contributed by atoms with E-state index in [1.807, 2.05) is 5.32 Å². The number of anilines is 3. The molecule has 2 unspecified atom stereocenters. The van der Waals surface area contributed by atoms with Crippen LogP contribution in [0.1, 0.15) is 37.4 Å². The first-order chi connectivity index (χ1) is 17.9. The zero-order valence-electron chi connectivity index (χ0n) is 19.8. The monoisotopic (exact) mass is 539 g/mol. The first-order valence-corrected chi connectivity index (χ1v) is 12.2. The van der Waals surface area contributed by atoms with Gasteiger partial charge in [-0.05, 0) is 43.7 Å². The van der Waals surface area contributed by atoms with Gasteiger partial charge in [0, 0.05) is 36.0 Å². The predicted molar refractivity (Wildman–Crippen MR) is 124 cm³/mol. The fourth-order valence-corrected chi connectivity index (χ4v) is 4.68. The molecule has 0 spiro atoms. The zero-order chi connectivity index (χ0) is 27.0. The van der Waals surface area contributed by atoms with E-state index in [2.05, 4.69) is 10.3 Å². The van der Waals surface area contributed by atoms with Crippen molar-refractivity contribution in [1.29, 1.82) is 0 Å². The van der Waals surface area contributed by atoms with E-state index in [-0.39, 0.29) is 16.9 Å². The molecule has 2 saturated carbocycles. The third kappa shape index (κ3) is 4.68. The second-order valence-corrected chi connectivity index (χ2v) is 10.3. The summed E-state index contributed by atoms with van der Waals surface area (Å²) >= 11 is 0. The molecule has 4 N–H and O–H groups in total. The summed E-state index contributed by atoms with van der Waals surface area (Å²) in [5.74, 6) is -5.26. The lowest BCUT2D eigenvalue weighted by molar-refractivity contribution is -0.164. The highest BCUT2D eigenvalue weighted by Crippen LogP contribution is 2.51. The average molecular weight is 539 g/mol. The summed E-state index contributed by atoms with van der Waals surface area (Å²) < 4.78 is 90.0. The predicted octanol–water partition coefficient (Wildman–Crippen LogP) is 4.33. The van der Waals surface area contributed by atoms with E-state index in [9.17, 15) is 31.1 Å². The van der Waals surface area contributed by atoms with Crippen LogP contribution in [-0.4, -0.2) is 41.3 Å². The van der Waals surface area contributed by atoms with Gasteiger partial charge in [-0.25, -0.2) is 18.2 Å².